The van der Waals surface area contributed by atoms with Gasteiger partial charge in [0.2, 0.25) is 6.79 Å². The third-order valence-electron chi connectivity index (χ3n) is 7.14. The molecule has 0 aliphatic carbocycles. The molecule has 0 saturated carbocycles. The largest absolute Gasteiger partial charge is 0.494 e. The van der Waals surface area contributed by atoms with Gasteiger partial charge in [-0.15, -0.1) is 0 Å². The van der Waals surface area contributed by atoms with E-state index in [2.05, 4.69) is 21.3 Å². The van der Waals surface area contributed by atoms with Crippen molar-refractivity contribution in [3.63, 3.8) is 0 Å². The van der Waals surface area contributed by atoms with Crippen molar-refractivity contribution in [2.45, 2.75) is 25.9 Å². The van der Waals surface area contributed by atoms with Crippen LogP contribution < -0.4 is 24.4 Å². The van der Waals surface area contributed by atoms with Gasteiger partial charge in [0.1, 0.15) is 5.75 Å². The van der Waals surface area contributed by atoms with Crippen LogP contribution in [-0.4, -0.2) is 33.5 Å². The van der Waals surface area contributed by atoms with Crippen LogP contribution in [0.3, 0.4) is 0 Å². The summed E-state index contributed by atoms with van der Waals surface area (Å²) in [4.78, 5) is 17.7. The van der Waals surface area contributed by atoms with Crippen LogP contribution in [-0.2, 0) is 0 Å². The molecule has 39 heavy (non-hydrogen) atoms. The van der Waals surface area contributed by atoms with Gasteiger partial charge in [-0.25, -0.2) is 0 Å². The minimum Gasteiger partial charge on any atom is -0.494 e. The van der Waals surface area contributed by atoms with Gasteiger partial charge in [0.05, 0.1) is 41.6 Å². The molecule has 198 valence electrons. The van der Waals surface area contributed by atoms with Crippen molar-refractivity contribution in [3.8, 4) is 22.9 Å². The number of fused-ring (bicyclic) bond motifs is 1. The summed E-state index contributed by atoms with van der Waals surface area (Å²) in [7, 11) is 1.51. The Morgan fingerprint density at radius 2 is 1.92 bits per heavy atom. The van der Waals surface area contributed by atoms with E-state index in [0.717, 1.165) is 28.3 Å². The standard InChI is InChI=1S/C28H25N5O5S/c1-16-12-20(17(2)31(16)22-9-7-19(33(34)35)14-24(22)36-3)27-26(21-6-4-5-11-29-21)30-28(39)32(27)18-8-10-23-25(13-18)38-15-37-23/h4-14,26-27H,15H2,1-3H3,(H,30,39). The van der Waals surface area contributed by atoms with Crippen molar-refractivity contribution in [1.29, 1.82) is 0 Å². The van der Waals surface area contributed by atoms with Crippen molar-refractivity contribution in [2.75, 3.05) is 18.8 Å². The van der Waals surface area contributed by atoms with Gasteiger partial charge in [-0.2, -0.15) is 0 Å². The first-order chi connectivity index (χ1) is 18.9. The number of nitro groups is 1. The van der Waals surface area contributed by atoms with Crippen LogP contribution in [0.2, 0.25) is 0 Å². The summed E-state index contributed by atoms with van der Waals surface area (Å²) >= 11 is 5.88. The molecule has 2 atom stereocenters. The van der Waals surface area contributed by atoms with E-state index >= 15 is 0 Å². The predicted molar refractivity (Wildman–Crippen MR) is 149 cm³/mol. The normalized spacial score (nSPS) is 17.8. The molecular formula is C28H25N5O5S. The van der Waals surface area contributed by atoms with Gasteiger partial charge in [0, 0.05) is 35.4 Å². The van der Waals surface area contributed by atoms with Gasteiger partial charge in [-0.1, -0.05) is 6.07 Å². The average Bonchev–Trinajstić information content (AvgIpc) is 3.63. The molecule has 2 aliphatic heterocycles. The number of pyridine rings is 1. The Morgan fingerprint density at radius 1 is 1.10 bits per heavy atom. The number of nitrogens with zero attached hydrogens (tertiary/aromatic N) is 4. The van der Waals surface area contributed by atoms with Gasteiger partial charge in [-0.05, 0) is 68.0 Å². The second-order valence-corrected chi connectivity index (χ2v) is 9.70. The number of benzene rings is 2. The Kier molecular flexibility index (Phi) is 6.07. The molecule has 1 saturated heterocycles. The highest BCUT2D eigenvalue weighted by Crippen LogP contribution is 2.46. The maximum absolute atomic E-state index is 11.4. The van der Waals surface area contributed by atoms with Gasteiger partial charge in [0.15, 0.2) is 16.6 Å². The summed E-state index contributed by atoms with van der Waals surface area (Å²) in [6.07, 6.45) is 1.77. The second kappa shape index (κ2) is 9.59. The van der Waals surface area contributed by atoms with Crippen molar-refractivity contribution in [3.05, 3.63) is 99.6 Å². The summed E-state index contributed by atoms with van der Waals surface area (Å²) < 4.78 is 18.8. The third kappa shape index (κ3) is 4.11. The van der Waals surface area contributed by atoms with Crippen molar-refractivity contribution in [1.82, 2.24) is 14.9 Å². The number of aromatic nitrogens is 2. The summed E-state index contributed by atoms with van der Waals surface area (Å²) in [6, 6.07) is 17.9. The van der Waals surface area contributed by atoms with Crippen LogP contribution in [0, 0.1) is 24.0 Å². The fourth-order valence-electron chi connectivity index (χ4n) is 5.41. The van der Waals surface area contributed by atoms with E-state index in [-0.39, 0.29) is 24.6 Å². The average molecular weight is 544 g/mol. The number of aryl methyl sites for hydroxylation is 1. The molecule has 11 heteroatoms. The second-order valence-electron chi connectivity index (χ2n) is 9.31. The molecule has 2 unspecified atom stereocenters. The van der Waals surface area contributed by atoms with Crippen LogP contribution in [0.25, 0.3) is 5.69 Å². The van der Waals surface area contributed by atoms with Crippen LogP contribution in [0.1, 0.15) is 34.7 Å². The molecular weight excluding hydrogens is 518 g/mol. The molecule has 2 aromatic heterocycles. The van der Waals surface area contributed by atoms with E-state index in [1.54, 1.807) is 12.3 Å². The van der Waals surface area contributed by atoms with E-state index in [9.17, 15) is 10.1 Å². The van der Waals surface area contributed by atoms with Crippen molar-refractivity contribution < 1.29 is 19.1 Å². The Bertz CT molecular complexity index is 1610. The number of non-ortho nitro benzene ring substituents is 1. The first kappa shape index (κ1) is 24.7. The number of anilines is 1. The van der Waals surface area contributed by atoms with E-state index in [1.165, 1.54) is 19.2 Å². The number of hydrogen-bond donors (Lipinski definition) is 1. The van der Waals surface area contributed by atoms with Gasteiger partial charge in [-0.3, -0.25) is 15.1 Å². The minimum absolute atomic E-state index is 0.0344. The molecule has 0 radical (unpaired) electrons. The Morgan fingerprint density at radius 3 is 2.67 bits per heavy atom. The topological polar surface area (TPSA) is 104 Å². The highest BCUT2D eigenvalue weighted by Gasteiger charge is 2.42. The fraction of sp³-hybridized carbons (Fsp3) is 0.214. The third-order valence-corrected chi connectivity index (χ3v) is 7.45. The number of thiocarbonyl (C=S) groups is 1. The molecule has 1 N–H and O–H groups in total. The lowest BCUT2D eigenvalue weighted by atomic mass is 9.96. The van der Waals surface area contributed by atoms with Crippen LogP contribution in [0.4, 0.5) is 11.4 Å². The lowest BCUT2D eigenvalue weighted by molar-refractivity contribution is -0.384. The zero-order valence-corrected chi connectivity index (χ0v) is 22.3. The molecule has 2 aromatic carbocycles. The molecule has 4 heterocycles. The van der Waals surface area contributed by atoms with Crippen molar-refractivity contribution >= 4 is 28.7 Å². The highest BCUT2D eigenvalue weighted by molar-refractivity contribution is 7.80. The van der Waals surface area contributed by atoms with E-state index in [1.807, 2.05) is 54.8 Å². The molecule has 10 nitrogen and oxygen atoms in total. The minimum atomic E-state index is -0.432. The molecule has 2 aliphatic rings. The quantitative estimate of drug-likeness (QED) is 0.197. The number of ether oxygens (including phenoxy) is 3. The Labute approximate surface area is 229 Å². The van der Waals surface area contributed by atoms with E-state index in [4.69, 9.17) is 26.4 Å². The molecule has 0 spiro atoms. The van der Waals surface area contributed by atoms with Gasteiger partial charge >= 0.3 is 0 Å². The first-order valence-electron chi connectivity index (χ1n) is 12.3. The van der Waals surface area contributed by atoms with E-state index in [0.29, 0.717) is 28.0 Å². The summed E-state index contributed by atoms with van der Waals surface area (Å²) in [5, 5.41) is 15.4. The SMILES string of the molecule is COc1cc([N+](=O)[O-])ccc1-n1c(C)cc(C2C(c3ccccn3)NC(=S)N2c2ccc3c(c2)OCO3)c1C. The first-order valence-corrected chi connectivity index (χ1v) is 12.7. The predicted octanol–water partition coefficient (Wildman–Crippen LogP) is 5.31. The monoisotopic (exact) mass is 543 g/mol. The van der Waals surface area contributed by atoms with Gasteiger partial charge in [0.25, 0.3) is 5.69 Å². The smallest absolute Gasteiger partial charge is 0.273 e. The number of methoxy groups -OCH3 is 1. The zero-order chi connectivity index (χ0) is 27.3. The molecule has 4 aromatic rings. The maximum Gasteiger partial charge on any atom is 0.273 e. The van der Waals surface area contributed by atoms with E-state index < -0.39 is 4.92 Å². The number of hydrogen-bond acceptors (Lipinski definition) is 7. The molecule has 6 rings (SSSR count). The summed E-state index contributed by atoms with van der Waals surface area (Å²) in [5.41, 5.74) is 5.30. The highest BCUT2D eigenvalue weighted by atomic mass is 32.1. The molecule has 1 fully saturated rings. The lowest BCUT2D eigenvalue weighted by Crippen LogP contribution is -2.29. The Hall–Kier alpha value is -4.64. The van der Waals surface area contributed by atoms with Crippen LogP contribution in [0.15, 0.2) is 66.9 Å². The van der Waals surface area contributed by atoms with Gasteiger partial charge < -0.3 is 29.0 Å². The molecule has 0 bridgehead atoms. The number of nitro benzene ring substituents is 1. The maximum atomic E-state index is 11.4. The van der Waals surface area contributed by atoms with Crippen molar-refractivity contribution in [2.24, 2.45) is 0 Å². The van der Waals surface area contributed by atoms with Crippen LogP contribution in [0.5, 0.6) is 17.2 Å². The summed E-state index contributed by atoms with van der Waals surface area (Å²) in [5.74, 6) is 1.76. The zero-order valence-electron chi connectivity index (χ0n) is 21.5. The fourth-order valence-corrected chi connectivity index (χ4v) is 5.75. The van der Waals surface area contributed by atoms with Crippen LogP contribution >= 0.6 is 12.2 Å². The summed E-state index contributed by atoms with van der Waals surface area (Å²) in [6.45, 7) is 4.20. The molecule has 0 amide bonds. The lowest BCUT2D eigenvalue weighted by Gasteiger charge is -2.28. The Balaban J connectivity index is 1.51. The number of rotatable bonds is 6. The number of nitrogens with one attached hydrogen (secondary N) is 1.